The van der Waals surface area contributed by atoms with E-state index in [1.807, 2.05) is 18.2 Å². The number of aromatic nitrogens is 1. The molecule has 19 heavy (non-hydrogen) atoms. The van der Waals surface area contributed by atoms with E-state index in [4.69, 9.17) is 0 Å². The van der Waals surface area contributed by atoms with Gasteiger partial charge in [0.1, 0.15) is 0 Å². The smallest absolute Gasteiger partial charge is 0.361 e. The second-order valence-corrected chi connectivity index (χ2v) is 4.46. The number of fused-ring (bicyclic) bond motifs is 1. The zero-order chi connectivity index (χ0) is 13.5. The third-order valence-electron chi connectivity index (χ3n) is 3.19. The van der Waals surface area contributed by atoms with E-state index in [-0.39, 0.29) is 13.0 Å². The Hall–Kier alpha value is -2.04. The third-order valence-corrected chi connectivity index (χ3v) is 3.19. The number of aromatic amines is 1. The quantitative estimate of drug-likeness (QED) is 0.810. The van der Waals surface area contributed by atoms with Crippen LogP contribution in [0.25, 0.3) is 10.9 Å². The molecule has 1 aliphatic heterocycles. The van der Waals surface area contributed by atoms with Crippen LogP contribution in [0, 0.1) is 0 Å². The second kappa shape index (κ2) is 4.26. The van der Waals surface area contributed by atoms with Crippen LogP contribution in [-0.2, 0) is 0 Å². The van der Waals surface area contributed by atoms with Crippen LogP contribution in [0.3, 0.4) is 0 Å². The van der Waals surface area contributed by atoms with Crippen LogP contribution >= 0.6 is 0 Å². The molecule has 0 bridgehead atoms. The Morgan fingerprint density at radius 1 is 1.16 bits per heavy atom. The molecular weight excluding hydrogens is 253 g/mol. The van der Waals surface area contributed by atoms with E-state index in [2.05, 4.69) is 9.98 Å². The molecule has 0 fully saturated rings. The molecule has 0 spiro atoms. The topological polar surface area (TPSA) is 28.1 Å². The van der Waals surface area contributed by atoms with Gasteiger partial charge in [-0.3, -0.25) is 4.99 Å². The van der Waals surface area contributed by atoms with Crippen molar-refractivity contribution in [2.75, 3.05) is 6.54 Å². The maximum Gasteiger partial charge on any atom is 0.412 e. The first-order valence-corrected chi connectivity index (χ1v) is 5.94. The molecule has 5 heteroatoms. The van der Waals surface area contributed by atoms with Crippen LogP contribution in [0.1, 0.15) is 12.0 Å². The number of rotatable bonds is 1. The summed E-state index contributed by atoms with van der Waals surface area (Å²) >= 11 is 0. The van der Waals surface area contributed by atoms with E-state index >= 15 is 0 Å². The molecule has 0 saturated heterocycles. The van der Waals surface area contributed by atoms with E-state index < -0.39 is 11.7 Å². The van der Waals surface area contributed by atoms with E-state index in [0.29, 0.717) is 11.3 Å². The number of allylic oxidation sites excluding steroid dienone is 1. The van der Waals surface area contributed by atoms with Crippen molar-refractivity contribution in [3.8, 4) is 0 Å². The number of hydrogen-bond acceptors (Lipinski definition) is 1. The van der Waals surface area contributed by atoms with E-state index in [1.165, 1.54) is 0 Å². The van der Waals surface area contributed by atoms with E-state index in [0.717, 1.165) is 17.0 Å². The summed E-state index contributed by atoms with van der Waals surface area (Å²) in [6.07, 6.45) is -1.36. The Morgan fingerprint density at radius 2 is 2.00 bits per heavy atom. The predicted octanol–water partition coefficient (Wildman–Crippen LogP) is 3.85. The van der Waals surface area contributed by atoms with Crippen LogP contribution in [0.4, 0.5) is 13.2 Å². The maximum absolute atomic E-state index is 12.7. The van der Waals surface area contributed by atoms with Gasteiger partial charge in [0.15, 0.2) is 0 Å². The molecule has 0 saturated carbocycles. The van der Waals surface area contributed by atoms with Crippen molar-refractivity contribution in [1.82, 2.24) is 4.98 Å². The summed E-state index contributed by atoms with van der Waals surface area (Å²) in [7, 11) is 0. The highest BCUT2D eigenvalue weighted by atomic mass is 19.4. The van der Waals surface area contributed by atoms with Crippen LogP contribution in [0.2, 0.25) is 0 Å². The summed E-state index contributed by atoms with van der Waals surface area (Å²) < 4.78 is 38.1. The van der Waals surface area contributed by atoms with Crippen molar-refractivity contribution >= 4 is 16.6 Å². The first-order chi connectivity index (χ1) is 9.04. The lowest BCUT2D eigenvalue weighted by atomic mass is 10.0. The lowest BCUT2D eigenvalue weighted by Crippen LogP contribution is -2.18. The molecule has 98 valence electrons. The van der Waals surface area contributed by atoms with Gasteiger partial charge in [0.25, 0.3) is 0 Å². The number of dihydropyridines is 1. The normalized spacial score (nSPS) is 16.4. The molecule has 1 aromatic carbocycles. The molecule has 0 unspecified atom stereocenters. The van der Waals surface area contributed by atoms with Gasteiger partial charge in [0.05, 0.1) is 5.71 Å². The number of hydrogen-bond donors (Lipinski definition) is 1. The van der Waals surface area contributed by atoms with Crippen LogP contribution in [0.5, 0.6) is 0 Å². The van der Waals surface area contributed by atoms with Gasteiger partial charge >= 0.3 is 6.18 Å². The molecular formula is C14H11F3N2. The first kappa shape index (κ1) is 12.0. The SMILES string of the molecule is FC(F)(F)C1=CC(c2ccc3cc[nH]c3c2)=NCC1. The lowest BCUT2D eigenvalue weighted by molar-refractivity contribution is -0.0937. The van der Waals surface area contributed by atoms with Gasteiger partial charge in [0.2, 0.25) is 0 Å². The number of benzene rings is 1. The number of H-pyrrole nitrogens is 1. The zero-order valence-corrected chi connectivity index (χ0v) is 9.96. The molecule has 2 aromatic rings. The van der Waals surface area contributed by atoms with Crippen LogP contribution < -0.4 is 0 Å². The molecule has 1 aliphatic rings. The summed E-state index contributed by atoms with van der Waals surface area (Å²) in [6.45, 7) is 0.184. The molecule has 2 nitrogen and oxygen atoms in total. The van der Waals surface area contributed by atoms with Crippen LogP contribution in [-0.4, -0.2) is 23.4 Å². The summed E-state index contributed by atoms with van der Waals surface area (Å²) in [5.41, 5.74) is 1.49. The van der Waals surface area contributed by atoms with Gasteiger partial charge in [-0.1, -0.05) is 12.1 Å². The number of nitrogens with zero attached hydrogens (tertiary/aromatic N) is 1. The Bertz CT molecular complexity index is 677. The van der Waals surface area contributed by atoms with Crippen molar-refractivity contribution in [2.24, 2.45) is 4.99 Å². The van der Waals surface area contributed by atoms with Crippen molar-refractivity contribution in [1.29, 1.82) is 0 Å². The fourth-order valence-electron chi connectivity index (χ4n) is 2.19. The number of nitrogens with one attached hydrogen (secondary N) is 1. The predicted molar refractivity (Wildman–Crippen MR) is 68.5 cm³/mol. The maximum atomic E-state index is 12.7. The fraction of sp³-hybridized carbons (Fsp3) is 0.214. The molecule has 1 aromatic heterocycles. The molecule has 0 aliphatic carbocycles. The summed E-state index contributed by atoms with van der Waals surface area (Å²) in [5.74, 6) is 0. The van der Waals surface area contributed by atoms with E-state index in [9.17, 15) is 13.2 Å². The van der Waals surface area contributed by atoms with Gasteiger partial charge in [-0.2, -0.15) is 13.2 Å². The van der Waals surface area contributed by atoms with Gasteiger partial charge in [-0.25, -0.2) is 0 Å². The highest BCUT2D eigenvalue weighted by Crippen LogP contribution is 2.30. The zero-order valence-electron chi connectivity index (χ0n) is 9.96. The standard InChI is InChI=1S/C14H11F3N2/c15-14(16,17)11-4-6-19-13(8-11)10-2-1-9-3-5-18-12(9)7-10/h1-3,5,7-8,18H,4,6H2. The average molecular weight is 264 g/mol. The Balaban J connectivity index is 2.01. The van der Waals surface area contributed by atoms with Crippen LogP contribution in [0.15, 0.2) is 47.1 Å². The van der Waals surface area contributed by atoms with Crippen molar-refractivity contribution in [2.45, 2.75) is 12.6 Å². The fourth-order valence-corrected chi connectivity index (χ4v) is 2.19. The Labute approximate surface area is 107 Å². The molecule has 0 radical (unpaired) electrons. The van der Waals surface area contributed by atoms with Gasteiger partial charge < -0.3 is 4.98 Å². The number of aliphatic imine (C=N–C) groups is 1. The molecule has 1 N–H and O–H groups in total. The minimum Gasteiger partial charge on any atom is -0.361 e. The highest BCUT2D eigenvalue weighted by Gasteiger charge is 2.34. The van der Waals surface area contributed by atoms with Crippen molar-refractivity contribution in [3.63, 3.8) is 0 Å². The van der Waals surface area contributed by atoms with Crippen molar-refractivity contribution in [3.05, 3.63) is 47.7 Å². The van der Waals surface area contributed by atoms with Crippen molar-refractivity contribution < 1.29 is 13.2 Å². The Morgan fingerprint density at radius 3 is 2.79 bits per heavy atom. The largest absolute Gasteiger partial charge is 0.412 e. The lowest BCUT2D eigenvalue weighted by Gasteiger charge is -2.16. The molecule has 0 atom stereocenters. The first-order valence-electron chi connectivity index (χ1n) is 5.94. The molecule has 2 heterocycles. The third kappa shape index (κ3) is 2.28. The minimum atomic E-state index is -4.27. The summed E-state index contributed by atoms with van der Waals surface area (Å²) in [6, 6.07) is 7.41. The monoisotopic (exact) mass is 264 g/mol. The van der Waals surface area contributed by atoms with Gasteiger partial charge in [-0.15, -0.1) is 0 Å². The average Bonchev–Trinajstić information content (AvgIpc) is 2.85. The van der Waals surface area contributed by atoms with Gasteiger partial charge in [-0.05, 0) is 30.0 Å². The number of halogens is 3. The second-order valence-electron chi connectivity index (χ2n) is 4.46. The Kier molecular flexibility index (Phi) is 2.69. The summed E-state index contributed by atoms with van der Waals surface area (Å²) in [5, 5.41) is 1.03. The summed E-state index contributed by atoms with van der Waals surface area (Å²) in [4.78, 5) is 7.22. The molecule has 3 rings (SSSR count). The molecule has 0 amide bonds. The minimum absolute atomic E-state index is 0.0439. The van der Waals surface area contributed by atoms with E-state index in [1.54, 1.807) is 12.3 Å². The van der Waals surface area contributed by atoms with Gasteiger partial charge in [0, 0.05) is 29.4 Å². The highest BCUT2D eigenvalue weighted by molar-refractivity contribution is 6.11. The number of alkyl halides is 3.